The summed E-state index contributed by atoms with van der Waals surface area (Å²) < 4.78 is 19.9. The molecule has 1 aromatic carbocycles. The maximum Gasteiger partial charge on any atom is 0.128 e. The summed E-state index contributed by atoms with van der Waals surface area (Å²) in [7, 11) is 0. The van der Waals surface area contributed by atoms with Crippen LogP contribution in [-0.2, 0) is 4.74 Å². The van der Waals surface area contributed by atoms with E-state index in [1.165, 1.54) is 6.07 Å². The van der Waals surface area contributed by atoms with Crippen molar-refractivity contribution in [3.8, 4) is 0 Å². The van der Waals surface area contributed by atoms with Crippen LogP contribution in [-0.4, -0.2) is 19.3 Å². The zero-order valence-electron chi connectivity index (χ0n) is 9.88. The lowest BCUT2D eigenvalue weighted by Gasteiger charge is -2.27. The molecule has 0 radical (unpaired) electrons. The highest BCUT2D eigenvalue weighted by atomic mass is 79.9. The molecule has 2 nitrogen and oxygen atoms in total. The zero-order chi connectivity index (χ0) is 12.3. The van der Waals surface area contributed by atoms with Crippen LogP contribution < -0.4 is 5.32 Å². The second-order valence-corrected chi connectivity index (χ2v) is 5.36. The van der Waals surface area contributed by atoms with Crippen molar-refractivity contribution < 1.29 is 9.13 Å². The summed E-state index contributed by atoms with van der Waals surface area (Å²) >= 11 is 3.38. The van der Waals surface area contributed by atoms with Crippen LogP contribution in [0.15, 0.2) is 22.7 Å². The van der Waals surface area contributed by atoms with Gasteiger partial charge in [-0.3, -0.25) is 0 Å². The van der Waals surface area contributed by atoms with Crippen LogP contribution in [0.5, 0.6) is 0 Å². The Hall–Kier alpha value is -0.450. The zero-order valence-corrected chi connectivity index (χ0v) is 11.5. The van der Waals surface area contributed by atoms with Crippen molar-refractivity contribution in [1.29, 1.82) is 0 Å². The number of ether oxygens (including phenoxy) is 1. The molecule has 17 heavy (non-hydrogen) atoms. The first-order valence-corrected chi connectivity index (χ1v) is 6.75. The van der Waals surface area contributed by atoms with E-state index in [1.807, 2.05) is 13.0 Å². The number of benzene rings is 1. The minimum Gasteiger partial charge on any atom is -0.381 e. The maximum atomic E-state index is 13.7. The topological polar surface area (TPSA) is 21.3 Å². The second-order valence-electron chi connectivity index (χ2n) is 4.44. The summed E-state index contributed by atoms with van der Waals surface area (Å²) in [4.78, 5) is 0. The van der Waals surface area contributed by atoms with E-state index in [9.17, 15) is 4.39 Å². The lowest BCUT2D eigenvalue weighted by Crippen LogP contribution is -2.36. The fourth-order valence-corrected chi connectivity index (χ4v) is 2.53. The molecule has 1 fully saturated rings. The van der Waals surface area contributed by atoms with Crippen LogP contribution >= 0.6 is 15.9 Å². The summed E-state index contributed by atoms with van der Waals surface area (Å²) in [6, 6.07) is 5.52. The van der Waals surface area contributed by atoms with Crippen LogP contribution in [0.25, 0.3) is 0 Å². The standard InChI is InChI=1S/C13H17BrFNO/c1-9(16-11-4-6-17-7-5-11)12-8-10(14)2-3-13(12)15/h2-3,8-9,11,16H,4-7H2,1H3. The van der Waals surface area contributed by atoms with Crippen LogP contribution in [0.2, 0.25) is 0 Å². The minimum atomic E-state index is -0.153. The summed E-state index contributed by atoms with van der Waals surface area (Å²) in [5.41, 5.74) is 0.714. The number of nitrogens with one attached hydrogen (secondary N) is 1. The van der Waals surface area contributed by atoms with Crippen molar-refractivity contribution in [2.24, 2.45) is 0 Å². The van der Waals surface area contributed by atoms with E-state index in [2.05, 4.69) is 21.2 Å². The van der Waals surface area contributed by atoms with Gasteiger partial charge in [0.05, 0.1) is 0 Å². The van der Waals surface area contributed by atoms with Crippen LogP contribution in [0.4, 0.5) is 4.39 Å². The molecule has 1 atom stereocenters. The molecule has 94 valence electrons. The quantitative estimate of drug-likeness (QED) is 0.924. The van der Waals surface area contributed by atoms with Crippen LogP contribution in [0, 0.1) is 5.82 Å². The molecule has 4 heteroatoms. The summed E-state index contributed by atoms with van der Waals surface area (Å²) in [6.45, 7) is 3.59. The number of halogens is 2. The molecular formula is C13H17BrFNO. The van der Waals surface area contributed by atoms with Gasteiger partial charge in [0, 0.05) is 35.3 Å². The second kappa shape index (κ2) is 5.94. The molecular weight excluding hydrogens is 285 g/mol. The van der Waals surface area contributed by atoms with Crippen molar-refractivity contribution >= 4 is 15.9 Å². The maximum absolute atomic E-state index is 13.7. The predicted molar refractivity (Wildman–Crippen MR) is 69.5 cm³/mol. The molecule has 0 aromatic heterocycles. The van der Waals surface area contributed by atoms with Crippen molar-refractivity contribution in [3.63, 3.8) is 0 Å². The normalized spacial score (nSPS) is 19.2. The largest absolute Gasteiger partial charge is 0.381 e. The smallest absolute Gasteiger partial charge is 0.128 e. The van der Waals surface area contributed by atoms with E-state index in [1.54, 1.807) is 6.07 Å². The predicted octanol–water partition coefficient (Wildman–Crippen LogP) is 3.42. The third-order valence-corrected chi connectivity index (χ3v) is 3.62. The van der Waals surface area contributed by atoms with Gasteiger partial charge in [0.1, 0.15) is 5.82 Å². The van der Waals surface area contributed by atoms with Gasteiger partial charge < -0.3 is 10.1 Å². The van der Waals surface area contributed by atoms with Crippen molar-refractivity contribution in [1.82, 2.24) is 5.32 Å². The average Bonchev–Trinajstić information content (AvgIpc) is 2.33. The van der Waals surface area contributed by atoms with Gasteiger partial charge >= 0.3 is 0 Å². The van der Waals surface area contributed by atoms with E-state index in [4.69, 9.17) is 4.74 Å². The highest BCUT2D eigenvalue weighted by Gasteiger charge is 2.18. The Morgan fingerprint density at radius 3 is 2.82 bits per heavy atom. The summed E-state index contributed by atoms with van der Waals surface area (Å²) in [5, 5.41) is 3.46. The molecule has 0 bridgehead atoms. The average molecular weight is 302 g/mol. The Labute approximate surface area is 110 Å². The van der Waals surface area contributed by atoms with Gasteiger partial charge in [-0.2, -0.15) is 0 Å². The van der Waals surface area contributed by atoms with E-state index in [0.29, 0.717) is 11.6 Å². The molecule has 1 aliphatic rings. The van der Waals surface area contributed by atoms with E-state index < -0.39 is 0 Å². The van der Waals surface area contributed by atoms with Crippen molar-refractivity contribution in [2.45, 2.75) is 31.8 Å². The number of hydrogen-bond acceptors (Lipinski definition) is 2. The van der Waals surface area contributed by atoms with E-state index in [0.717, 1.165) is 30.5 Å². The Bertz CT molecular complexity index is 380. The molecule has 0 spiro atoms. The monoisotopic (exact) mass is 301 g/mol. The Morgan fingerprint density at radius 1 is 1.41 bits per heavy atom. The first kappa shape index (κ1) is 13.0. The Kier molecular flexibility index (Phi) is 4.54. The Morgan fingerprint density at radius 2 is 2.12 bits per heavy atom. The molecule has 0 aliphatic carbocycles. The van der Waals surface area contributed by atoms with E-state index >= 15 is 0 Å². The van der Waals surface area contributed by atoms with Gasteiger partial charge in [-0.15, -0.1) is 0 Å². The number of rotatable bonds is 3. The lowest BCUT2D eigenvalue weighted by molar-refractivity contribution is 0.0753. The van der Waals surface area contributed by atoms with Gasteiger partial charge in [-0.25, -0.2) is 4.39 Å². The van der Waals surface area contributed by atoms with Gasteiger partial charge in [0.15, 0.2) is 0 Å². The lowest BCUT2D eigenvalue weighted by atomic mass is 10.0. The fraction of sp³-hybridized carbons (Fsp3) is 0.538. The molecule has 0 amide bonds. The molecule has 1 N–H and O–H groups in total. The minimum absolute atomic E-state index is 0.0237. The number of hydrogen-bond donors (Lipinski definition) is 1. The highest BCUT2D eigenvalue weighted by molar-refractivity contribution is 9.10. The summed E-state index contributed by atoms with van der Waals surface area (Å²) in [5.74, 6) is -0.153. The molecule has 1 unspecified atom stereocenters. The molecule has 1 heterocycles. The molecule has 0 saturated carbocycles. The van der Waals surface area contributed by atoms with Crippen LogP contribution in [0.3, 0.4) is 0 Å². The van der Waals surface area contributed by atoms with Gasteiger partial charge in [-0.1, -0.05) is 15.9 Å². The van der Waals surface area contributed by atoms with Crippen LogP contribution in [0.1, 0.15) is 31.4 Å². The molecule has 1 aliphatic heterocycles. The highest BCUT2D eigenvalue weighted by Crippen LogP contribution is 2.23. The third kappa shape index (κ3) is 3.50. The molecule has 2 rings (SSSR count). The summed E-state index contributed by atoms with van der Waals surface area (Å²) in [6.07, 6.45) is 2.00. The van der Waals surface area contributed by atoms with Gasteiger partial charge in [0.25, 0.3) is 0 Å². The van der Waals surface area contributed by atoms with Crippen molar-refractivity contribution in [3.05, 3.63) is 34.1 Å². The SMILES string of the molecule is CC(NC1CCOCC1)c1cc(Br)ccc1F. The first-order chi connectivity index (χ1) is 8.16. The Balaban J connectivity index is 2.02. The fourth-order valence-electron chi connectivity index (χ4n) is 2.15. The van der Waals surface area contributed by atoms with E-state index in [-0.39, 0.29) is 11.9 Å². The molecule has 1 saturated heterocycles. The van der Waals surface area contributed by atoms with Gasteiger partial charge in [0.2, 0.25) is 0 Å². The molecule has 1 aromatic rings. The first-order valence-electron chi connectivity index (χ1n) is 5.95. The third-order valence-electron chi connectivity index (χ3n) is 3.13. The van der Waals surface area contributed by atoms with Gasteiger partial charge in [-0.05, 0) is 38.0 Å². The van der Waals surface area contributed by atoms with Crippen molar-refractivity contribution in [2.75, 3.05) is 13.2 Å².